The van der Waals surface area contributed by atoms with Gasteiger partial charge in [0, 0.05) is 55.2 Å². The van der Waals surface area contributed by atoms with E-state index >= 15 is 4.39 Å². The summed E-state index contributed by atoms with van der Waals surface area (Å²) in [6, 6.07) is 10.7. The number of hydrogen-bond acceptors (Lipinski definition) is 7. The molecule has 0 atom stereocenters. The van der Waals surface area contributed by atoms with Crippen molar-refractivity contribution in [2.24, 2.45) is 0 Å². The number of aromatic nitrogens is 3. The Hall–Kier alpha value is -4.27. The monoisotopic (exact) mass is 472 g/mol. The average Bonchev–Trinajstić information content (AvgIpc) is 2.85. The van der Waals surface area contributed by atoms with Crippen molar-refractivity contribution in [3.8, 4) is 17.0 Å². The highest BCUT2D eigenvalue weighted by Gasteiger charge is 2.19. The number of carbonyl (C=O) groups is 1. The van der Waals surface area contributed by atoms with Crippen LogP contribution in [0.4, 0.5) is 21.7 Å². The lowest BCUT2D eigenvalue weighted by atomic mass is 9.99. The lowest BCUT2D eigenvalue weighted by Gasteiger charge is -2.21. The van der Waals surface area contributed by atoms with Gasteiger partial charge in [0.15, 0.2) is 0 Å². The van der Waals surface area contributed by atoms with Crippen LogP contribution in [0, 0.1) is 12.7 Å². The summed E-state index contributed by atoms with van der Waals surface area (Å²) in [7, 11) is 3.47. The van der Waals surface area contributed by atoms with E-state index in [-0.39, 0.29) is 11.7 Å². The third kappa shape index (κ3) is 4.57. The molecule has 0 fully saturated rings. The summed E-state index contributed by atoms with van der Waals surface area (Å²) in [5.74, 6) is 0.595. The van der Waals surface area contributed by atoms with E-state index in [1.54, 1.807) is 37.5 Å². The van der Waals surface area contributed by atoms with Crippen LogP contribution in [0.25, 0.3) is 22.0 Å². The number of nitrogens with one attached hydrogen (secondary N) is 2. The molecule has 8 nitrogen and oxygen atoms in total. The molecular weight excluding hydrogens is 447 g/mol. The number of carbonyl (C=O) groups excluding carboxylic acids is 1. The Morgan fingerprint density at radius 1 is 1.14 bits per heavy atom. The van der Waals surface area contributed by atoms with Gasteiger partial charge in [-0.1, -0.05) is 12.1 Å². The van der Waals surface area contributed by atoms with Crippen molar-refractivity contribution in [2.45, 2.75) is 13.3 Å². The second-order valence-electron chi connectivity index (χ2n) is 8.62. The van der Waals surface area contributed by atoms with Crippen molar-refractivity contribution in [2.75, 3.05) is 37.9 Å². The van der Waals surface area contributed by atoms with Crippen LogP contribution in [0.15, 0.2) is 48.8 Å². The molecular formula is C26H25FN6O2. The number of nitrogens with zero attached hydrogens (tertiary/aromatic N) is 4. The molecule has 0 bridgehead atoms. The molecule has 3 heterocycles. The Balaban J connectivity index is 1.43. The molecule has 1 amide bonds. The van der Waals surface area contributed by atoms with Crippen LogP contribution < -0.4 is 15.4 Å². The van der Waals surface area contributed by atoms with E-state index in [4.69, 9.17) is 4.74 Å². The van der Waals surface area contributed by atoms with Crippen molar-refractivity contribution in [3.63, 3.8) is 0 Å². The maximum absolute atomic E-state index is 15.1. The van der Waals surface area contributed by atoms with Gasteiger partial charge in [-0.25, -0.2) is 19.3 Å². The molecule has 4 aromatic rings. The lowest BCUT2D eigenvalue weighted by molar-refractivity contribution is -0.127. The van der Waals surface area contributed by atoms with Crippen molar-refractivity contribution in [3.05, 3.63) is 65.7 Å². The highest BCUT2D eigenvalue weighted by Crippen LogP contribution is 2.37. The molecule has 0 spiro atoms. The number of amides is 1. The number of halogens is 1. The zero-order valence-electron chi connectivity index (χ0n) is 19.7. The van der Waals surface area contributed by atoms with Gasteiger partial charge in [0.05, 0.1) is 11.9 Å². The van der Waals surface area contributed by atoms with Crippen LogP contribution in [-0.2, 0) is 11.2 Å². The quantitative estimate of drug-likeness (QED) is 0.447. The second-order valence-corrected chi connectivity index (χ2v) is 8.62. The van der Waals surface area contributed by atoms with Crippen LogP contribution in [0.3, 0.4) is 0 Å². The summed E-state index contributed by atoms with van der Waals surface area (Å²) >= 11 is 0. The predicted octanol–water partition coefficient (Wildman–Crippen LogP) is 4.32. The van der Waals surface area contributed by atoms with E-state index in [1.165, 1.54) is 6.07 Å². The number of likely N-dealkylation sites (N-methyl/N-ethyl adjacent to an activating group) is 1. The topological polar surface area (TPSA) is 92.3 Å². The fourth-order valence-electron chi connectivity index (χ4n) is 3.98. The van der Waals surface area contributed by atoms with E-state index in [9.17, 15) is 4.79 Å². The second kappa shape index (κ2) is 9.17. The Labute approximate surface area is 202 Å². The van der Waals surface area contributed by atoms with Gasteiger partial charge in [-0.2, -0.15) is 0 Å². The Bertz CT molecular complexity index is 1420. The average molecular weight is 473 g/mol. The number of pyridine rings is 1. The largest absolute Gasteiger partial charge is 0.474 e. The molecule has 2 aromatic carbocycles. The van der Waals surface area contributed by atoms with Crippen LogP contribution in [0.5, 0.6) is 5.88 Å². The molecule has 2 N–H and O–H groups in total. The van der Waals surface area contributed by atoms with E-state index in [2.05, 4.69) is 25.6 Å². The minimum absolute atomic E-state index is 0.0410. The van der Waals surface area contributed by atoms with Gasteiger partial charge in [0.2, 0.25) is 17.7 Å². The van der Waals surface area contributed by atoms with Crippen LogP contribution in [-0.4, -0.2) is 53.0 Å². The van der Waals surface area contributed by atoms with Crippen molar-refractivity contribution in [1.82, 2.24) is 19.9 Å². The van der Waals surface area contributed by atoms with Gasteiger partial charge in [0.1, 0.15) is 18.1 Å². The zero-order valence-corrected chi connectivity index (χ0v) is 19.7. The summed E-state index contributed by atoms with van der Waals surface area (Å²) in [6.45, 7) is 3.14. The Morgan fingerprint density at radius 2 is 1.94 bits per heavy atom. The van der Waals surface area contributed by atoms with Crippen molar-refractivity contribution < 1.29 is 13.9 Å². The molecule has 0 saturated carbocycles. The van der Waals surface area contributed by atoms with Gasteiger partial charge in [-0.15, -0.1) is 0 Å². The number of fused-ring (bicyclic) bond motifs is 2. The normalized spacial score (nSPS) is 12.5. The van der Waals surface area contributed by atoms with Gasteiger partial charge in [-0.05, 0) is 42.3 Å². The summed E-state index contributed by atoms with van der Waals surface area (Å²) in [5, 5.41) is 7.06. The first-order valence-corrected chi connectivity index (χ1v) is 11.3. The number of rotatable bonds is 5. The summed E-state index contributed by atoms with van der Waals surface area (Å²) in [6.07, 6.45) is 3.57. The molecule has 0 radical (unpaired) electrons. The molecule has 0 saturated heterocycles. The van der Waals surface area contributed by atoms with E-state index in [1.807, 2.05) is 31.2 Å². The summed E-state index contributed by atoms with van der Waals surface area (Å²) in [4.78, 5) is 26.8. The lowest BCUT2D eigenvalue weighted by Crippen LogP contribution is -2.23. The van der Waals surface area contributed by atoms with Crippen LogP contribution in [0.1, 0.15) is 11.1 Å². The third-order valence-corrected chi connectivity index (χ3v) is 5.97. The van der Waals surface area contributed by atoms with Crippen LogP contribution in [0.2, 0.25) is 0 Å². The van der Waals surface area contributed by atoms with E-state index < -0.39 is 0 Å². The van der Waals surface area contributed by atoms with Crippen molar-refractivity contribution in [1.29, 1.82) is 0 Å². The minimum atomic E-state index is -0.369. The third-order valence-electron chi connectivity index (χ3n) is 5.97. The molecule has 35 heavy (non-hydrogen) atoms. The predicted molar refractivity (Wildman–Crippen MR) is 134 cm³/mol. The summed E-state index contributed by atoms with van der Waals surface area (Å²) in [5.41, 5.74) is 5.06. The number of hydrogen-bond donors (Lipinski definition) is 2. The fourth-order valence-corrected chi connectivity index (χ4v) is 3.98. The highest BCUT2D eigenvalue weighted by molar-refractivity contribution is 5.87. The van der Waals surface area contributed by atoms with E-state index in [0.29, 0.717) is 53.4 Å². The number of benzene rings is 2. The summed E-state index contributed by atoms with van der Waals surface area (Å²) < 4.78 is 20.7. The molecule has 2 aromatic heterocycles. The fraction of sp³-hybridized carbons (Fsp3) is 0.231. The maximum atomic E-state index is 15.1. The first-order chi connectivity index (χ1) is 16.9. The standard InChI is InChI=1S/C26H25FN6O2/c1-15-20(14-29-25-24(15)28-8-9-35-25)19-12-22-17(11-21(19)27)13-30-26(32-22)31-18-6-4-16(5-7-18)10-23(34)33(2)3/h4-7,11-14,28H,8-10H2,1-3H3,(H,30,31,32). The molecule has 1 aliphatic heterocycles. The van der Waals surface area contributed by atoms with E-state index in [0.717, 1.165) is 22.5 Å². The highest BCUT2D eigenvalue weighted by atomic mass is 19.1. The number of ether oxygens (including phenoxy) is 1. The minimum Gasteiger partial charge on any atom is -0.474 e. The van der Waals surface area contributed by atoms with Crippen molar-refractivity contribution >= 4 is 34.1 Å². The molecule has 1 aliphatic rings. The molecule has 9 heteroatoms. The SMILES string of the molecule is Cc1c(-c2cc3nc(Nc4ccc(CC(=O)N(C)C)cc4)ncc3cc2F)cnc2c1NCCO2. The first kappa shape index (κ1) is 22.5. The molecule has 0 aliphatic carbocycles. The Morgan fingerprint density at radius 3 is 2.71 bits per heavy atom. The van der Waals surface area contributed by atoms with Gasteiger partial charge in [0.25, 0.3) is 0 Å². The molecule has 178 valence electrons. The van der Waals surface area contributed by atoms with Gasteiger partial charge in [-0.3, -0.25) is 4.79 Å². The maximum Gasteiger partial charge on any atom is 0.237 e. The Kier molecular flexibility index (Phi) is 5.90. The first-order valence-electron chi connectivity index (χ1n) is 11.3. The molecule has 5 rings (SSSR count). The number of anilines is 3. The van der Waals surface area contributed by atoms with Gasteiger partial charge >= 0.3 is 0 Å². The smallest absolute Gasteiger partial charge is 0.237 e. The van der Waals surface area contributed by atoms with Crippen LogP contribution >= 0.6 is 0 Å². The zero-order chi connectivity index (χ0) is 24.5. The van der Waals surface area contributed by atoms with Gasteiger partial charge < -0.3 is 20.3 Å². The molecule has 0 unspecified atom stereocenters.